The van der Waals surface area contributed by atoms with Crippen molar-refractivity contribution in [2.24, 2.45) is 5.92 Å². The van der Waals surface area contributed by atoms with E-state index in [-0.39, 0.29) is 10.9 Å². The molecule has 6 heteroatoms. The van der Waals surface area contributed by atoms with Crippen LogP contribution < -0.4 is 10.0 Å². The summed E-state index contributed by atoms with van der Waals surface area (Å²) in [6.45, 7) is 4.37. The predicted octanol–water partition coefficient (Wildman–Crippen LogP) is 1.77. The molecule has 0 aliphatic heterocycles. The number of aryl methyl sites for hydroxylation is 1. The molecule has 108 valence electrons. The third kappa shape index (κ3) is 3.38. The van der Waals surface area contributed by atoms with Crippen molar-refractivity contribution in [1.29, 1.82) is 0 Å². The van der Waals surface area contributed by atoms with Crippen molar-refractivity contribution in [2.45, 2.75) is 50.6 Å². The van der Waals surface area contributed by atoms with E-state index in [1.54, 1.807) is 20.0 Å². The molecule has 0 saturated heterocycles. The summed E-state index contributed by atoms with van der Waals surface area (Å²) in [5.41, 5.74) is 0. The van der Waals surface area contributed by atoms with Crippen LogP contribution in [-0.2, 0) is 16.6 Å². The molecule has 0 spiro atoms. The zero-order chi connectivity index (χ0) is 14.0. The highest BCUT2D eigenvalue weighted by atomic mass is 32.2. The Morgan fingerprint density at radius 3 is 2.74 bits per heavy atom. The average Bonchev–Trinajstić information content (AvgIpc) is 2.86. The van der Waals surface area contributed by atoms with E-state index in [1.165, 1.54) is 0 Å². The molecule has 1 saturated carbocycles. The zero-order valence-electron chi connectivity index (χ0n) is 11.7. The fourth-order valence-corrected chi connectivity index (χ4v) is 4.14. The molecule has 0 amide bonds. The van der Waals surface area contributed by atoms with Crippen molar-refractivity contribution in [3.8, 4) is 0 Å². The fourth-order valence-electron chi connectivity index (χ4n) is 2.65. The van der Waals surface area contributed by atoms with Crippen LogP contribution in [0.15, 0.2) is 15.4 Å². The lowest BCUT2D eigenvalue weighted by Gasteiger charge is -2.12. The van der Waals surface area contributed by atoms with Crippen molar-refractivity contribution in [1.82, 2.24) is 10.0 Å². The molecule has 1 aliphatic rings. The van der Waals surface area contributed by atoms with Gasteiger partial charge in [-0.3, -0.25) is 0 Å². The van der Waals surface area contributed by atoms with Gasteiger partial charge in [0.2, 0.25) is 10.0 Å². The van der Waals surface area contributed by atoms with Gasteiger partial charge < -0.3 is 9.73 Å². The normalized spacial score (nSPS) is 23.9. The topological polar surface area (TPSA) is 71.3 Å². The van der Waals surface area contributed by atoms with E-state index in [0.29, 0.717) is 24.0 Å². The molecule has 0 radical (unpaired) electrons. The van der Waals surface area contributed by atoms with Gasteiger partial charge in [-0.15, -0.1) is 0 Å². The minimum absolute atomic E-state index is 0.0575. The summed E-state index contributed by atoms with van der Waals surface area (Å²) in [6, 6.07) is 1.66. The number of furan rings is 1. The lowest BCUT2D eigenvalue weighted by molar-refractivity contribution is 0.465. The fraction of sp³-hybridized carbons (Fsp3) is 0.692. The SMILES string of the molecule is CNCc1cc(S(=O)(=O)NC2CCC(C)C2)c(C)o1. The van der Waals surface area contributed by atoms with Gasteiger partial charge in [-0.2, -0.15) is 0 Å². The highest BCUT2D eigenvalue weighted by molar-refractivity contribution is 7.89. The molecule has 1 heterocycles. The Kier molecular flexibility index (Phi) is 4.32. The number of rotatable bonds is 5. The van der Waals surface area contributed by atoms with Crippen LogP contribution >= 0.6 is 0 Å². The van der Waals surface area contributed by atoms with E-state index in [2.05, 4.69) is 17.0 Å². The maximum atomic E-state index is 12.3. The van der Waals surface area contributed by atoms with Crippen molar-refractivity contribution >= 4 is 10.0 Å². The van der Waals surface area contributed by atoms with Gasteiger partial charge in [-0.05, 0) is 39.2 Å². The van der Waals surface area contributed by atoms with Gasteiger partial charge in [0.1, 0.15) is 16.4 Å². The minimum Gasteiger partial charge on any atom is -0.464 e. The molecule has 2 rings (SSSR count). The Bertz CT molecular complexity index is 536. The Morgan fingerprint density at radius 1 is 1.42 bits per heavy atom. The second-order valence-corrected chi connectivity index (χ2v) is 7.08. The van der Waals surface area contributed by atoms with Gasteiger partial charge in [-0.1, -0.05) is 6.92 Å². The van der Waals surface area contributed by atoms with Crippen molar-refractivity contribution in [2.75, 3.05) is 7.05 Å². The maximum Gasteiger partial charge on any atom is 0.244 e. The Labute approximate surface area is 114 Å². The summed E-state index contributed by atoms with van der Waals surface area (Å²) in [4.78, 5) is 0.261. The lowest BCUT2D eigenvalue weighted by atomic mass is 10.1. The van der Waals surface area contributed by atoms with E-state index in [9.17, 15) is 8.42 Å². The summed E-state index contributed by atoms with van der Waals surface area (Å²) in [5.74, 6) is 1.68. The Balaban J connectivity index is 2.14. The summed E-state index contributed by atoms with van der Waals surface area (Å²) in [5, 5.41) is 2.95. The number of hydrogen-bond acceptors (Lipinski definition) is 4. The molecular weight excluding hydrogens is 264 g/mol. The highest BCUT2D eigenvalue weighted by Crippen LogP contribution is 2.27. The quantitative estimate of drug-likeness (QED) is 0.865. The molecule has 19 heavy (non-hydrogen) atoms. The van der Waals surface area contributed by atoms with Crippen LogP contribution in [0.4, 0.5) is 0 Å². The Hall–Kier alpha value is -0.850. The first kappa shape index (κ1) is 14.6. The average molecular weight is 286 g/mol. The monoisotopic (exact) mass is 286 g/mol. The molecule has 1 aromatic rings. The van der Waals surface area contributed by atoms with Gasteiger partial charge in [0, 0.05) is 12.1 Å². The Morgan fingerprint density at radius 2 is 2.16 bits per heavy atom. The van der Waals surface area contributed by atoms with Crippen LogP contribution in [0.2, 0.25) is 0 Å². The van der Waals surface area contributed by atoms with Crippen LogP contribution in [0.1, 0.15) is 37.7 Å². The molecule has 0 bridgehead atoms. The molecule has 1 fully saturated rings. The molecule has 2 N–H and O–H groups in total. The second-order valence-electron chi connectivity index (χ2n) is 5.40. The molecule has 5 nitrogen and oxygen atoms in total. The standard InChI is InChI=1S/C13H22N2O3S/c1-9-4-5-11(6-9)15-19(16,17)13-7-12(8-14-3)18-10(13)2/h7,9,11,14-15H,4-6,8H2,1-3H3. The maximum absolute atomic E-state index is 12.3. The first-order valence-corrected chi connectivity index (χ1v) is 8.17. The molecular formula is C13H22N2O3S. The molecule has 1 aliphatic carbocycles. The first-order valence-electron chi connectivity index (χ1n) is 6.68. The molecule has 2 atom stereocenters. The van der Waals surface area contributed by atoms with Gasteiger partial charge in [-0.25, -0.2) is 13.1 Å². The van der Waals surface area contributed by atoms with E-state index < -0.39 is 10.0 Å². The van der Waals surface area contributed by atoms with E-state index in [1.807, 2.05) is 0 Å². The largest absolute Gasteiger partial charge is 0.464 e. The number of sulfonamides is 1. The van der Waals surface area contributed by atoms with Gasteiger partial charge >= 0.3 is 0 Å². The van der Waals surface area contributed by atoms with Crippen molar-refractivity contribution in [3.63, 3.8) is 0 Å². The van der Waals surface area contributed by atoms with Crippen LogP contribution in [0.25, 0.3) is 0 Å². The third-order valence-corrected chi connectivity index (χ3v) is 5.21. The van der Waals surface area contributed by atoms with Crippen molar-refractivity contribution < 1.29 is 12.8 Å². The van der Waals surface area contributed by atoms with E-state index in [0.717, 1.165) is 19.3 Å². The van der Waals surface area contributed by atoms with Gasteiger partial charge in [0.25, 0.3) is 0 Å². The molecule has 1 aromatic heterocycles. The minimum atomic E-state index is -3.47. The number of nitrogens with one attached hydrogen (secondary N) is 2. The van der Waals surface area contributed by atoms with Gasteiger partial charge in [0.15, 0.2) is 0 Å². The van der Waals surface area contributed by atoms with E-state index >= 15 is 0 Å². The summed E-state index contributed by atoms with van der Waals surface area (Å²) in [6.07, 6.45) is 2.92. The molecule has 2 unspecified atom stereocenters. The first-order chi connectivity index (χ1) is 8.92. The van der Waals surface area contributed by atoms with Crippen LogP contribution in [0.5, 0.6) is 0 Å². The summed E-state index contributed by atoms with van der Waals surface area (Å²) >= 11 is 0. The zero-order valence-corrected chi connectivity index (χ0v) is 12.5. The number of hydrogen-bond donors (Lipinski definition) is 2. The van der Waals surface area contributed by atoms with Crippen LogP contribution in [0.3, 0.4) is 0 Å². The predicted molar refractivity (Wildman–Crippen MR) is 73.3 cm³/mol. The van der Waals surface area contributed by atoms with Crippen LogP contribution in [0, 0.1) is 12.8 Å². The second kappa shape index (κ2) is 5.64. The smallest absolute Gasteiger partial charge is 0.244 e. The van der Waals surface area contributed by atoms with Gasteiger partial charge in [0.05, 0.1) is 6.54 Å². The lowest BCUT2D eigenvalue weighted by Crippen LogP contribution is -2.33. The summed E-state index contributed by atoms with van der Waals surface area (Å²) < 4.78 is 32.9. The van der Waals surface area contributed by atoms with E-state index in [4.69, 9.17) is 4.42 Å². The van der Waals surface area contributed by atoms with Crippen molar-refractivity contribution in [3.05, 3.63) is 17.6 Å². The molecule has 0 aromatic carbocycles. The van der Waals surface area contributed by atoms with Crippen LogP contribution in [-0.4, -0.2) is 21.5 Å². The summed E-state index contributed by atoms with van der Waals surface area (Å²) in [7, 11) is -1.67. The highest BCUT2D eigenvalue weighted by Gasteiger charge is 2.28. The third-order valence-electron chi connectivity index (χ3n) is 3.58.